The van der Waals surface area contributed by atoms with E-state index in [1.54, 1.807) is 36.1 Å². The van der Waals surface area contributed by atoms with Gasteiger partial charge in [0.2, 0.25) is 5.91 Å². The molecule has 2 amide bonds. The summed E-state index contributed by atoms with van der Waals surface area (Å²) in [6, 6.07) is 8.96. The van der Waals surface area contributed by atoms with Crippen LogP contribution >= 0.6 is 0 Å². The molecule has 0 saturated carbocycles. The molecule has 2 aromatic rings. The summed E-state index contributed by atoms with van der Waals surface area (Å²) in [6.45, 7) is 2.63. The number of nitrogens with zero attached hydrogens (tertiary/aromatic N) is 2. The maximum absolute atomic E-state index is 12.7. The lowest BCUT2D eigenvalue weighted by molar-refractivity contribution is -0.129. The first-order chi connectivity index (χ1) is 12.0. The Hall–Kier alpha value is -2.90. The van der Waals surface area contributed by atoms with Gasteiger partial charge >= 0.3 is 5.76 Å². The molecule has 1 aromatic heterocycles. The maximum atomic E-state index is 12.7. The highest BCUT2D eigenvalue weighted by molar-refractivity contribution is 5.99. The van der Waals surface area contributed by atoms with Gasteiger partial charge in [0.05, 0.1) is 0 Å². The molecular weight excluding hydrogens is 324 g/mol. The van der Waals surface area contributed by atoms with Gasteiger partial charge in [-0.15, -0.1) is 0 Å². The van der Waals surface area contributed by atoms with Crippen molar-refractivity contribution in [3.05, 3.63) is 52.3 Å². The summed E-state index contributed by atoms with van der Waals surface area (Å²) >= 11 is 0. The number of carbonyl (C=O) groups is 2. The van der Waals surface area contributed by atoms with Crippen LogP contribution in [0, 0.1) is 0 Å². The molecule has 25 heavy (non-hydrogen) atoms. The molecule has 1 aromatic carbocycles. The molecule has 1 aliphatic heterocycles. The maximum Gasteiger partial charge on any atom is 0.438 e. The third-order valence-electron chi connectivity index (χ3n) is 4.53. The Balaban J connectivity index is 1.65. The van der Waals surface area contributed by atoms with Crippen molar-refractivity contribution < 1.29 is 14.1 Å². The van der Waals surface area contributed by atoms with Crippen LogP contribution in [0.3, 0.4) is 0 Å². The molecule has 1 unspecified atom stereocenters. The van der Waals surface area contributed by atoms with Crippen molar-refractivity contribution in [3.63, 3.8) is 0 Å². The summed E-state index contributed by atoms with van der Waals surface area (Å²) in [4.78, 5) is 40.4. The molecule has 132 valence electrons. The van der Waals surface area contributed by atoms with Gasteiger partial charge in [-0.05, 0) is 31.9 Å². The van der Waals surface area contributed by atoms with Crippen LogP contribution in [0.5, 0.6) is 0 Å². The number of hydrogen-bond acceptors (Lipinski definition) is 5. The second-order valence-corrected chi connectivity index (χ2v) is 6.25. The highest BCUT2D eigenvalue weighted by Crippen LogP contribution is 2.30. The van der Waals surface area contributed by atoms with Crippen molar-refractivity contribution in [2.24, 2.45) is 0 Å². The smallest absolute Gasteiger partial charge is 0.354 e. The van der Waals surface area contributed by atoms with Crippen molar-refractivity contribution in [1.82, 2.24) is 20.4 Å². The minimum absolute atomic E-state index is 0.142. The Morgan fingerprint density at radius 2 is 2.12 bits per heavy atom. The van der Waals surface area contributed by atoms with Crippen molar-refractivity contribution in [1.29, 1.82) is 0 Å². The van der Waals surface area contributed by atoms with E-state index in [0.717, 1.165) is 6.42 Å². The number of likely N-dealkylation sites (tertiary alicyclic amines) is 1. The van der Waals surface area contributed by atoms with Crippen LogP contribution < -0.4 is 11.1 Å². The highest BCUT2D eigenvalue weighted by atomic mass is 16.5. The number of amides is 2. The molecule has 8 nitrogen and oxygen atoms in total. The summed E-state index contributed by atoms with van der Waals surface area (Å²) in [6.07, 6.45) is 1.73. The summed E-state index contributed by atoms with van der Waals surface area (Å²) in [5, 5.41) is 6.37. The molecular formula is C17H20N4O4. The molecule has 0 radical (unpaired) electrons. The summed E-state index contributed by atoms with van der Waals surface area (Å²) in [5.74, 6) is -0.598. The van der Waals surface area contributed by atoms with E-state index < -0.39 is 11.3 Å². The van der Waals surface area contributed by atoms with E-state index >= 15 is 0 Å². The van der Waals surface area contributed by atoms with Crippen molar-refractivity contribution >= 4 is 11.8 Å². The van der Waals surface area contributed by atoms with E-state index in [2.05, 4.69) is 20.0 Å². The number of rotatable bonds is 5. The first kappa shape index (κ1) is 16.9. The SMILES string of the molecule is CC1(C(=O)NCCc2noc(=O)[nH]2)CCCN1C(=O)c1ccccc1. The standard InChI is InChI=1S/C17H20N4O4/c1-17(15(23)18-10-8-13-19-16(24)25-20-13)9-5-11-21(17)14(22)12-6-3-2-4-7-12/h2-4,6-7H,5,8-11H2,1H3,(H,18,23)(H,19,20,24). The van der Waals surface area contributed by atoms with Gasteiger partial charge in [0, 0.05) is 25.1 Å². The Morgan fingerprint density at radius 1 is 1.36 bits per heavy atom. The zero-order valence-corrected chi connectivity index (χ0v) is 13.9. The van der Waals surface area contributed by atoms with Crippen molar-refractivity contribution in [3.8, 4) is 0 Å². The molecule has 1 saturated heterocycles. The van der Waals surface area contributed by atoms with Gasteiger partial charge < -0.3 is 10.2 Å². The zero-order valence-electron chi connectivity index (χ0n) is 13.9. The normalized spacial score (nSPS) is 19.8. The van der Waals surface area contributed by atoms with Gasteiger partial charge in [0.1, 0.15) is 5.54 Å². The average Bonchev–Trinajstić information content (AvgIpc) is 3.21. The number of aromatic amines is 1. The fourth-order valence-corrected chi connectivity index (χ4v) is 3.11. The van der Waals surface area contributed by atoms with Crippen LogP contribution in [-0.2, 0) is 11.2 Å². The summed E-state index contributed by atoms with van der Waals surface area (Å²) < 4.78 is 4.41. The van der Waals surface area contributed by atoms with Gasteiger partial charge in [0.25, 0.3) is 5.91 Å². The van der Waals surface area contributed by atoms with Crippen LogP contribution in [0.25, 0.3) is 0 Å². The molecule has 1 aliphatic rings. The lowest BCUT2D eigenvalue weighted by atomic mass is 9.96. The van der Waals surface area contributed by atoms with Gasteiger partial charge in [-0.2, -0.15) is 0 Å². The van der Waals surface area contributed by atoms with Crippen LogP contribution in [-0.4, -0.2) is 45.5 Å². The molecule has 0 bridgehead atoms. The Morgan fingerprint density at radius 3 is 2.80 bits per heavy atom. The number of aromatic nitrogens is 2. The van der Waals surface area contributed by atoms with Gasteiger partial charge in [-0.1, -0.05) is 23.4 Å². The molecule has 1 fully saturated rings. The molecule has 2 N–H and O–H groups in total. The second-order valence-electron chi connectivity index (χ2n) is 6.25. The predicted octanol–water partition coefficient (Wildman–Crippen LogP) is 0.717. The number of carbonyl (C=O) groups excluding carboxylic acids is 2. The molecule has 3 rings (SSSR count). The Bertz CT molecular complexity index is 813. The third kappa shape index (κ3) is 3.47. The van der Waals surface area contributed by atoms with E-state index in [1.165, 1.54) is 0 Å². The quantitative estimate of drug-likeness (QED) is 0.831. The summed E-state index contributed by atoms with van der Waals surface area (Å²) in [5.41, 5.74) is -0.312. The topological polar surface area (TPSA) is 108 Å². The molecule has 2 heterocycles. The predicted molar refractivity (Wildman–Crippen MR) is 89.0 cm³/mol. The second kappa shape index (κ2) is 6.92. The lowest BCUT2D eigenvalue weighted by Crippen LogP contribution is -2.55. The first-order valence-electron chi connectivity index (χ1n) is 8.21. The Kier molecular flexibility index (Phi) is 4.69. The number of benzene rings is 1. The summed E-state index contributed by atoms with van der Waals surface area (Å²) in [7, 11) is 0. The van der Waals surface area contributed by atoms with Crippen LogP contribution in [0.4, 0.5) is 0 Å². The lowest BCUT2D eigenvalue weighted by Gasteiger charge is -2.34. The van der Waals surface area contributed by atoms with Crippen LogP contribution in [0.2, 0.25) is 0 Å². The number of nitrogens with one attached hydrogen (secondary N) is 2. The Labute approximate surface area is 144 Å². The molecule has 0 aliphatic carbocycles. The van der Waals surface area contributed by atoms with Crippen molar-refractivity contribution in [2.45, 2.75) is 31.7 Å². The van der Waals surface area contributed by atoms with E-state index in [4.69, 9.17) is 0 Å². The van der Waals surface area contributed by atoms with Crippen molar-refractivity contribution in [2.75, 3.05) is 13.1 Å². The zero-order chi connectivity index (χ0) is 17.9. The van der Waals surface area contributed by atoms with Gasteiger partial charge in [-0.25, -0.2) is 4.79 Å². The van der Waals surface area contributed by atoms with E-state index in [9.17, 15) is 14.4 Å². The fourth-order valence-electron chi connectivity index (χ4n) is 3.11. The van der Waals surface area contributed by atoms with E-state index in [-0.39, 0.29) is 11.8 Å². The number of hydrogen-bond donors (Lipinski definition) is 2. The van der Waals surface area contributed by atoms with Gasteiger partial charge in [0.15, 0.2) is 5.82 Å². The minimum atomic E-state index is -0.885. The minimum Gasteiger partial charge on any atom is -0.354 e. The first-order valence-corrected chi connectivity index (χ1v) is 8.21. The molecule has 1 atom stereocenters. The highest BCUT2D eigenvalue weighted by Gasteiger charge is 2.45. The van der Waals surface area contributed by atoms with Crippen LogP contribution in [0.1, 0.15) is 35.9 Å². The molecule has 0 spiro atoms. The molecule has 8 heteroatoms. The van der Waals surface area contributed by atoms with Crippen LogP contribution in [0.15, 0.2) is 39.6 Å². The fraction of sp³-hybridized carbons (Fsp3) is 0.412. The number of H-pyrrole nitrogens is 1. The largest absolute Gasteiger partial charge is 0.438 e. The monoisotopic (exact) mass is 344 g/mol. The van der Waals surface area contributed by atoms with E-state index in [1.807, 2.05) is 6.07 Å². The third-order valence-corrected chi connectivity index (χ3v) is 4.53. The van der Waals surface area contributed by atoms with E-state index in [0.29, 0.717) is 37.3 Å². The van der Waals surface area contributed by atoms with Gasteiger partial charge in [-0.3, -0.25) is 19.1 Å². The average molecular weight is 344 g/mol.